The number of carbonyl (C=O) groups excluding carboxylic acids is 4. The molecular formula is C22H28N2O6S2. The summed E-state index contributed by atoms with van der Waals surface area (Å²) < 4.78 is 10.5. The van der Waals surface area contributed by atoms with Gasteiger partial charge in [0.2, 0.25) is 5.91 Å². The fourth-order valence-electron chi connectivity index (χ4n) is 3.47. The van der Waals surface area contributed by atoms with Crippen LogP contribution in [0.5, 0.6) is 0 Å². The van der Waals surface area contributed by atoms with Crippen LogP contribution in [-0.4, -0.2) is 58.0 Å². The Labute approximate surface area is 195 Å². The summed E-state index contributed by atoms with van der Waals surface area (Å²) in [5, 5.41) is 4.31. The van der Waals surface area contributed by atoms with Gasteiger partial charge in [-0.05, 0) is 51.1 Å². The van der Waals surface area contributed by atoms with Crippen molar-refractivity contribution in [3.63, 3.8) is 0 Å². The quantitative estimate of drug-likeness (QED) is 0.451. The predicted molar refractivity (Wildman–Crippen MR) is 122 cm³/mol. The Kier molecular flexibility index (Phi) is 7.66. The number of amides is 2. The lowest BCUT2D eigenvalue weighted by Gasteiger charge is -2.50. The standard InChI is InChI=1S/C22H28N2O6S2/c1-5-29-16(26)9-8-13-12-32-20-17(23-15(25)11-14-7-6-10-31-14)19(27)24(20)18(13)21(28)30-22(2,3)4/h6-7,10,17,20H,5,8-9,11-12H2,1-4H3,(H,23,25)/t17-,20-/m1/s1. The molecule has 0 aliphatic carbocycles. The topological polar surface area (TPSA) is 102 Å². The van der Waals surface area contributed by atoms with E-state index >= 15 is 0 Å². The molecule has 1 N–H and O–H groups in total. The van der Waals surface area contributed by atoms with Crippen LogP contribution in [0.2, 0.25) is 0 Å². The number of hydrogen-bond donors (Lipinski definition) is 1. The number of thioether (sulfide) groups is 1. The van der Waals surface area contributed by atoms with Gasteiger partial charge in [-0.25, -0.2) is 4.79 Å². The lowest BCUT2D eigenvalue weighted by molar-refractivity contribution is -0.159. The van der Waals surface area contributed by atoms with Crippen molar-refractivity contribution < 1.29 is 28.7 Å². The normalized spacial score (nSPS) is 20.4. The first kappa shape index (κ1) is 24.3. The molecule has 1 fully saturated rings. The molecule has 0 aromatic carbocycles. The van der Waals surface area contributed by atoms with Crippen molar-refractivity contribution in [2.24, 2.45) is 0 Å². The number of nitrogens with one attached hydrogen (secondary N) is 1. The molecule has 2 aliphatic heterocycles. The van der Waals surface area contributed by atoms with Crippen molar-refractivity contribution in [2.75, 3.05) is 12.4 Å². The molecule has 32 heavy (non-hydrogen) atoms. The van der Waals surface area contributed by atoms with Crippen LogP contribution in [0.3, 0.4) is 0 Å². The highest BCUT2D eigenvalue weighted by Gasteiger charge is 2.54. The van der Waals surface area contributed by atoms with E-state index in [4.69, 9.17) is 9.47 Å². The summed E-state index contributed by atoms with van der Waals surface area (Å²) >= 11 is 2.94. The lowest BCUT2D eigenvalue weighted by Crippen LogP contribution is -2.70. The van der Waals surface area contributed by atoms with Crippen LogP contribution in [0.1, 0.15) is 45.4 Å². The van der Waals surface area contributed by atoms with Crippen molar-refractivity contribution in [3.8, 4) is 0 Å². The van der Waals surface area contributed by atoms with Gasteiger partial charge in [-0.3, -0.25) is 19.3 Å². The van der Waals surface area contributed by atoms with Crippen molar-refractivity contribution in [2.45, 2.75) is 64.0 Å². The van der Waals surface area contributed by atoms with E-state index in [1.807, 2.05) is 17.5 Å². The second-order valence-corrected chi connectivity index (χ2v) is 10.6. The van der Waals surface area contributed by atoms with Gasteiger partial charge in [-0.15, -0.1) is 23.1 Å². The molecule has 3 heterocycles. The number of esters is 2. The summed E-state index contributed by atoms with van der Waals surface area (Å²) in [5.41, 5.74) is 0.116. The molecule has 0 saturated carbocycles. The SMILES string of the molecule is CCOC(=O)CCC1=C(C(=O)OC(C)(C)C)N2C(=O)[C@@H](NC(=O)Cc3cccs3)[C@H]2SC1. The van der Waals surface area contributed by atoms with E-state index in [9.17, 15) is 19.2 Å². The summed E-state index contributed by atoms with van der Waals surface area (Å²) in [5.74, 6) is -1.08. The first-order valence-corrected chi connectivity index (χ1v) is 12.4. The third-order valence-corrected chi connectivity index (χ3v) is 7.02. The summed E-state index contributed by atoms with van der Waals surface area (Å²) in [6.45, 7) is 7.28. The highest BCUT2D eigenvalue weighted by molar-refractivity contribution is 8.00. The average Bonchev–Trinajstić information content (AvgIpc) is 3.21. The molecule has 10 heteroatoms. The van der Waals surface area contributed by atoms with Gasteiger partial charge in [0.25, 0.3) is 5.91 Å². The van der Waals surface area contributed by atoms with Gasteiger partial charge >= 0.3 is 11.9 Å². The second kappa shape index (κ2) is 10.1. The molecule has 2 atom stereocenters. The molecule has 0 bridgehead atoms. The third-order valence-electron chi connectivity index (χ3n) is 4.81. The van der Waals surface area contributed by atoms with E-state index in [0.717, 1.165) is 4.88 Å². The average molecular weight is 481 g/mol. The Morgan fingerprint density at radius 2 is 2.03 bits per heavy atom. The molecule has 2 amide bonds. The molecule has 2 aliphatic rings. The Hall–Kier alpha value is -2.33. The maximum absolute atomic E-state index is 13.0. The summed E-state index contributed by atoms with van der Waals surface area (Å²) in [7, 11) is 0. The number of hydrogen-bond acceptors (Lipinski definition) is 8. The van der Waals surface area contributed by atoms with E-state index in [1.54, 1.807) is 27.7 Å². The zero-order valence-corrected chi connectivity index (χ0v) is 20.3. The summed E-state index contributed by atoms with van der Waals surface area (Å²) in [6, 6.07) is 3.04. The highest BCUT2D eigenvalue weighted by Crippen LogP contribution is 2.42. The van der Waals surface area contributed by atoms with Crippen molar-refractivity contribution in [1.29, 1.82) is 0 Å². The van der Waals surface area contributed by atoms with Gasteiger partial charge in [0.15, 0.2) is 0 Å². The zero-order chi connectivity index (χ0) is 23.5. The van der Waals surface area contributed by atoms with Crippen LogP contribution in [0.15, 0.2) is 28.8 Å². The molecule has 174 valence electrons. The summed E-state index contributed by atoms with van der Waals surface area (Å²) in [4.78, 5) is 52.5. The Morgan fingerprint density at radius 3 is 2.66 bits per heavy atom. The third kappa shape index (κ3) is 5.72. The van der Waals surface area contributed by atoms with Gasteiger partial charge in [0.05, 0.1) is 13.0 Å². The molecule has 1 aromatic heterocycles. The van der Waals surface area contributed by atoms with Gasteiger partial charge in [0, 0.05) is 17.1 Å². The van der Waals surface area contributed by atoms with Crippen LogP contribution in [0, 0.1) is 0 Å². The Balaban J connectivity index is 1.75. The molecule has 3 rings (SSSR count). The number of rotatable bonds is 8. The minimum absolute atomic E-state index is 0.115. The van der Waals surface area contributed by atoms with E-state index in [-0.39, 0.29) is 48.3 Å². The Bertz CT molecular complexity index is 919. The number of carbonyl (C=O) groups is 4. The second-order valence-electron chi connectivity index (χ2n) is 8.47. The predicted octanol–water partition coefficient (Wildman–Crippen LogP) is 2.63. The van der Waals surface area contributed by atoms with E-state index in [0.29, 0.717) is 17.7 Å². The van der Waals surface area contributed by atoms with Crippen molar-refractivity contribution >= 4 is 46.9 Å². The van der Waals surface area contributed by atoms with E-state index in [2.05, 4.69) is 5.32 Å². The fourth-order valence-corrected chi connectivity index (χ4v) is 5.56. The van der Waals surface area contributed by atoms with Gasteiger partial charge in [-0.1, -0.05) is 6.07 Å². The molecular weight excluding hydrogens is 452 g/mol. The van der Waals surface area contributed by atoms with Crippen LogP contribution in [-0.2, 0) is 35.1 Å². The van der Waals surface area contributed by atoms with Gasteiger partial charge in [0.1, 0.15) is 22.7 Å². The monoisotopic (exact) mass is 480 g/mol. The molecule has 0 radical (unpaired) electrons. The van der Waals surface area contributed by atoms with Crippen LogP contribution < -0.4 is 5.32 Å². The fraction of sp³-hybridized carbons (Fsp3) is 0.545. The number of ether oxygens (including phenoxy) is 2. The van der Waals surface area contributed by atoms with Crippen LogP contribution >= 0.6 is 23.1 Å². The van der Waals surface area contributed by atoms with E-state index < -0.39 is 17.6 Å². The van der Waals surface area contributed by atoms with Gasteiger partial charge in [-0.2, -0.15) is 0 Å². The van der Waals surface area contributed by atoms with Gasteiger partial charge < -0.3 is 14.8 Å². The Morgan fingerprint density at radius 1 is 1.28 bits per heavy atom. The van der Waals surface area contributed by atoms with E-state index in [1.165, 1.54) is 28.0 Å². The minimum Gasteiger partial charge on any atom is -0.466 e. The molecule has 1 aromatic rings. The number of fused-ring (bicyclic) bond motifs is 1. The smallest absolute Gasteiger partial charge is 0.355 e. The highest BCUT2D eigenvalue weighted by atomic mass is 32.2. The first-order valence-electron chi connectivity index (χ1n) is 10.5. The molecule has 0 unspecified atom stereocenters. The zero-order valence-electron chi connectivity index (χ0n) is 18.6. The summed E-state index contributed by atoms with van der Waals surface area (Å²) in [6.07, 6.45) is 0.619. The number of nitrogens with zero attached hydrogens (tertiary/aromatic N) is 1. The van der Waals surface area contributed by atoms with Crippen molar-refractivity contribution in [3.05, 3.63) is 33.7 Å². The molecule has 8 nitrogen and oxygen atoms in total. The minimum atomic E-state index is -0.737. The van der Waals surface area contributed by atoms with Crippen LogP contribution in [0.4, 0.5) is 0 Å². The maximum atomic E-state index is 13.0. The maximum Gasteiger partial charge on any atom is 0.355 e. The number of thiophene rings is 1. The lowest BCUT2D eigenvalue weighted by atomic mass is 10.00. The largest absolute Gasteiger partial charge is 0.466 e. The molecule has 1 saturated heterocycles. The molecule has 0 spiro atoms. The van der Waals surface area contributed by atoms with Crippen molar-refractivity contribution in [1.82, 2.24) is 10.2 Å². The number of β-lactam (4-membered cyclic amide) rings is 1. The first-order chi connectivity index (χ1) is 15.1. The van der Waals surface area contributed by atoms with Crippen LogP contribution in [0.25, 0.3) is 0 Å².